The zero-order valence-electron chi connectivity index (χ0n) is 11.1. The second-order valence-corrected chi connectivity index (χ2v) is 4.86. The van der Waals surface area contributed by atoms with Crippen molar-refractivity contribution in [1.29, 1.82) is 0 Å². The first-order valence-corrected chi connectivity index (χ1v) is 6.54. The SMILES string of the molecule is Nc1cccc(C(=O)NN=C2C(=O)NC3C=CC=CC23)c1. The molecule has 2 atom stereocenters. The maximum Gasteiger partial charge on any atom is 0.271 e. The summed E-state index contributed by atoms with van der Waals surface area (Å²) in [6.07, 6.45) is 7.51. The summed E-state index contributed by atoms with van der Waals surface area (Å²) in [5.74, 6) is -0.820. The number of carbonyl (C=O) groups is 2. The molecule has 1 aliphatic heterocycles. The number of anilines is 1. The van der Waals surface area contributed by atoms with Crippen LogP contribution in [0.25, 0.3) is 0 Å². The topological polar surface area (TPSA) is 96.6 Å². The van der Waals surface area contributed by atoms with Gasteiger partial charge in [0, 0.05) is 11.3 Å². The molecule has 2 unspecified atom stereocenters. The molecule has 0 bridgehead atoms. The molecular formula is C15H14N4O2. The second-order valence-electron chi connectivity index (χ2n) is 4.86. The number of nitrogens with one attached hydrogen (secondary N) is 2. The molecule has 6 nitrogen and oxygen atoms in total. The fourth-order valence-electron chi connectivity index (χ4n) is 2.36. The molecule has 2 aliphatic rings. The highest BCUT2D eigenvalue weighted by Gasteiger charge is 2.37. The van der Waals surface area contributed by atoms with Crippen LogP contribution < -0.4 is 16.5 Å². The molecule has 0 aromatic heterocycles. The molecule has 1 saturated heterocycles. The summed E-state index contributed by atoms with van der Waals surface area (Å²) in [6.45, 7) is 0. The van der Waals surface area contributed by atoms with Gasteiger partial charge in [-0.2, -0.15) is 5.10 Å². The maximum absolute atomic E-state index is 12.0. The van der Waals surface area contributed by atoms with Crippen LogP contribution in [0.3, 0.4) is 0 Å². The fraction of sp³-hybridized carbons (Fsp3) is 0.133. The first kappa shape index (κ1) is 13.1. The van der Waals surface area contributed by atoms with Crippen molar-refractivity contribution in [2.45, 2.75) is 6.04 Å². The van der Waals surface area contributed by atoms with Crippen LogP contribution >= 0.6 is 0 Å². The number of carbonyl (C=O) groups excluding carboxylic acids is 2. The average Bonchev–Trinajstić information content (AvgIpc) is 2.80. The standard InChI is InChI=1S/C15H14N4O2/c16-10-5-3-4-9(8-10)14(20)19-18-13-11-6-1-2-7-12(11)17-15(13)21/h1-8,11-12H,16H2,(H,17,21)(H,19,20). The van der Waals surface area contributed by atoms with Crippen molar-refractivity contribution < 1.29 is 9.59 Å². The summed E-state index contributed by atoms with van der Waals surface area (Å²) >= 11 is 0. The maximum atomic E-state index is 12.0. The molecule has 3 rings (SSSR count). The third-order valence-corrected chi connectivity index (χ3v) is 3.41. The van der Waals surface area contributed by atoms with Crippen LogP contribution in [0.1, 0.15) is 10.4 Å². The molecule has 1 heterocycles. The van der Waals surface area contributed by atoms with Gasteiger partial charge in [0.15, 0.2) is 0 Å². The monoisotopic (exact) mass is 282 g/mol. The summed E-state index contributed by atoms with van der Waals surface area (Å²) in [5, 5.41) is 6.77. The predicted octanol–water partition coefficient (Wildman–Crippen LogP) is 0.595. The molecule has 1 aromatic rings. The number of benzene rings is 1. The van der Waals surface area contributed by atoms with E-state index in [1.807, 2.05) is 24.3 Å². The van der Waals surface area contributed by atoms with Gasteiger partial charge in [0.05, 0.1) is 12.0 Å². The average molecular weight is 282 g/mol. The minimum Gasteiger partial charge on any atom is -0.399 e. The van der Waals surface area contributed by atoms with Crippen molar-refractivity contribution in [1.82, 2.24) is 10.7 Å². The van der Waals surface area contributed by atoms with Gasteiger partial charge in [-0.05, 0) is 18.2 Å². The van der Waals surface area contributed by atoms with Crippen molar-refractivity contribution >= 4 is 23.2 Å². The number of nitrogen functional groups attached to an aromatic ring is 1. The predicted molar refractivity (Wildman–Crippen MR) is 79.5 cm³/mol. The fourth-order valence-corrected chi connectivity index (χ4v) is 2.36. The zero-order valence-corrected chi connectivity index (χ0v) is 11.1. The third-order valence-electron chi connectivity index (χ3n) is 3.41. The highest BCUT2D eigenvalue weighted by atomic mass is 16.2. The number of amides is 2. The van der Waals surface area contributed by atoms with Gasteiger partial charge in [-0.25, -0.2) is 5.43 Å². The Bertz CT molecular complexity index is 691. The van der Waals surface area contributed by atoms with Crippen LogP contribution in [0.15, 0.2) is 53.7 Å². The van der Waals surface area contributed by atoms with E-state index in [0.717, 1.165) is 0 Å². The van der Waals surface area contributed by atoms with Crippen LogP contribution in [-0.2, 0) is 4.79 Å². The molecule has 1 fully saturated rings. The molecule has 0 spiro atoms. The first-order chi connectivity index (χ1) is 10.1. The molecular weight excluding hydrogens is 268 g/mol. The lowest BCUT2D eigenvalue weighted by Gasteiger charge is -2.13. The summed E-state index contributed by atoms with van der Waals surface area (Å²) < 4.78 is 0. The summed E-state index contributed by atoms with van der Waals surface area (Å²) in [7, 11) is 0. The van der Waals surface area contributed by atoms with Gasteiger partial charge in [0.1, 0.15) is 5.71 Å². The van der Waals surface area contributed by atoms with Gasteiger partial charge < -0.3 is 11.1 Å². The number of rotatable bonds is 2. The van der Waals surface area contributed by atoms with E-state index in [9.17, 15) is 9.59 Å². The Labute approximate surface area is 121 Å². The summed E-state index contributed by atoms with van der Waals surface area (Å²) in [4.78, 5) is 23.8. The van der Waals surface area contributed by atoms with Crippen LogP contribution in [-0.4, -0.2) is 23.6 Å². The largest absolute Gasteiger partial charge is 0.399 e. The number of nitrogens with zero attached hydrogens (tertiary/aromatic N) is 1. The Hall–Kier alpha value is -2.89. The summed E-state index contributed by atoms with van der Waals surface area (Å²) in [5.41, 5.74) is 9.23. The molecule has 1 aliphatic carbocycles. The molecule has 0 saturated carbocycles. The Kier molecular flexibility index (Phi) is 3.27. The molecule has 21 heavy (non-hydrogen) atoms. The van der Waals surface area contributed by atoms with Crippen molar-refractivity contribution in [3.8, 4) is 0 Å². The van der Waals surface area contributed by atoms with Crippen LogP contribution in [0.4, 0.5) is 5.69 Å². The second kappa shape index (κ2) is 5.24. The van der Waals surface area contributed by atoms with Gasteiger partial charge in [0.2, 0.25) is 0 Å². The van der Waals surface area contributed by atoms with E-state index in [-0.39, 0.29) is 17.9 Å². The lowest BCUT2D eigenvalue weighted by atomic mass is 9.95. The van der Waals surface area contributed by atoms with E-state index in [4.69, 9.17) is 5.73 Å². The minimum absolute atomic E-state index is 0.0921. The van der Waals surface area contributed by atoms with Crippen molar-refractivity contribution in [3.63, 3.8) is 0 Å². The Morgan fingerprint density at radius 3 is 2.90 bits per heavy atom. The minimum atomic E-state index is -0.401. The van der Waals surface area contributed by atoms with Crippen LogP contribution in [0.2, 0.25) is 0 Å². The first-order valence-electron chi connectivity index (χ1n) is 6.54. The molecule has 0 radical (unpaired) electrons. The molecule has 1 aromatic carbocycles. The Morgan fingerprint density at radius 2 is 2.10 bits per heavy atom. The Balaban J connectivity index is 1.76. The highest BCUT2D eigenvalue weighted by Crippen LogP contribution is 2.20. The number of allylic oxidation sites excluding steroid dienone is 2. The smallest absolute Gasteiger partial charge is 0.271 e. The van der Waals surface area contributed by atoms with Crippen molar-refractivity contribution in [2.75, 3.05) is 5.73 Å². The molecule has 106 valence electrons. The van der Waals surface area contributed by atoms with E-state index in [0.29, 0.717) is 17.0 Å². The van der Waals surface area contributed by atoms with E-state index < -0.39 is 5.91 Å². The number of fused-ring (bicyclic) bond motifs is 1. The van der Waals surface area contributed by atoms with Gasteiger partial charge in [0.25, 0.3) is 11.8 Å². The Morgan fingerprint density at radius 1 is 1.29 bits per heavy atom. The normalized spacial score (nSPS) is 24.8. The van der Waals surface area contributed by atoms with Gasteiger partial charge in [-0.1, -0.05) is 30.4 Å². The lowest BCUT2D eigenvalue weighted by Crippen LogP contribution is -2.26. The number of hydrogen-bond acceptors (Lipinski definition) is 4. The highest BCUT2D eigenvalue weighted by molar-refractivity contribution is 6.42. The van der Waals surface area contributed by atoms with E-state index in [1.54, 1.807) is 24.3 Å². The number of hydrogen-bond donors (Lipinski definition) is 3. The van der Waals surface area contributed by atoms with E-state index >= 15 is 0 Å². The molecule has 6 heteroatoms. The lowest BCUT2D eigenvalue weighted by molar-refractivity contribution is -0.114. The van der Waals surface area contributed by atoms with Crippen LogP contribution in [0, 0.1) is 5.92 Å². The number of nitrogens with two attached hydrogens (primary N) is 1. The third kappa shape index (κ3) is 2.55. The summed E-state index contributed by atoms with van der Waals surface area (Å²) in [6, 6.07) is 6.47. The van der Waals surface area contributed by atoms with Gasteiger partial charge in [-0.3, -0.25) is 9.59 Å². The zero-order chi connectivity index (χ0) is 14.8. The van der Waals surface area contributed by atoms with E-state index in [2.05, 4.69) is 15.8 Å². The van der Waals surface area contributed by atoms with Gasteiger partial charge in [-0.15, -0.1) is 0 Å². The van der Waals surface area contributed by atoms with Crippen LogP contribution in [0.5, 0.6) is 0 Å². The van der Waals surface area contributed by atoms with E-state index in [1.165, 1.54) is 0 Å². The molecule has 2 amide bonds. The molecule has 4 N–H and O–H groups in total. The number of hydrazone groups is 1. The quantitative estimate of drug-likeness (QED) is 0.547. The van der Waals surface area contributed by atoms with Gasteiger partial charge >= 0.3 is 0 Å². The van der Waals surface area contributed by atoms with Crippen molar-refractivity contribution in [2.24, 2.45) is 11.0 Å². The van der Waals surface area contributed by atoms with Crippen molar-refractivity contribution in [3.05, 3.63) is 54.1 Å².